The summed E-state index contributed by atoms with van der Waals surface area (Å²) >= 11 is 0. The first kappa shape index (κ1) is 52.6. The van der Waals surface area contributed by atoms with E-state index >= 15 is 0 Å². The third kappa shape index (κ3) is 12.4. The Balaban J connectivity index is 0.900. The molecule has 18 heteroatoms. The van der Waals surface area contributed by atoms with E-state index in [1.807, 2.05) is 41.5 Å². The number of amides is 4. The van der Waals surface area contributed by atoms with Crippen LogP contribution < -0.4 is 19.3 Å². The molecule has 18 nitrogen and oxygen atoms in total. The van der Waals surface area contributed by atoms with Crippen molar-refractivity contribution in [3.8, 4) is 11.5 Å². The Hall–Kier alpha value is -4.72. The molecule has 0 N–H and O–H groups in total. The molecule has 4 saturated heterocycles. The molecule has 0 aliphatic carbocycles. The Labute approximate surface area is 418 Å². The van der Waals surface area contributed by atoms with Gasteiger partial charge >= 0.3 is 12.2 Å². The van der Waals surface area contributed by atoms with Crippen LogP contribution in [-0.2, 0) is 37.9 Å². The molecule has 0 radical (unpaired) electrons. The fourth-order valence-electron chi connectivity index (χ4n) is 10.5. The van der Waals surface area contributed by atoms with Crippen LogP contribution in [0.15, 0.2) is 36.4 Å². The lowest BCUT2D eigenvalue weighted by molar-refractivity contribution is -0.202. The lowest BCUT2D eigenvalue weighted by Gasteiger charge is -2.40. The molecule has 0 aromatic heterocycles. The summed E-state index contributed by atoms with van der Waals surface area (Å²) in [4.78, 5) is 63.9. The van der Waals surface area contributed by atoms with Crippen molar-refractivity contribution < 1.29 is 66.5 Å². The number of nitrogens with zero attached hydrogens (tertiary/aromatic N) is 4. The number of carbonyl (C=O) groups is 4. The number of fused-ring (bicyclic) bond motifs is 4. The highest BCUT2D eigenvalue weighted by Crippen LogP contribution is 2.43. The van der Waals surface area contributed by atoms with Gasteiger partial charge in [-0.1, -0.05) is 19.3 Å². The fourth-order valence-corrected chi connectivity index (χ4v) is 10.5. The summed E-state index contributed by atoms with van der Waals surface area (Å²) in [6.45, 7) is 13.7. The van der Waals surface area contributed by atoms with Gasteiger partial charge in [-0.05, 0) is 130 Å². The molecule has 71 heavy (non-hydrogen) atoms. The molecule has 2 aromatic carbocycles. The van der Waals surface area contributed by atoms with Crippen molar-refractivity contribution in [1.29, 1.82) is 0 Å². The van der Waals surface area contributed by atoms with E-state index in [4.69, 9.17) is 47.4 Å². The average molecular weight is 993 g/mol. The maximum atomic E-state index is 14.4. The second-order valence-corrected chi connectivity index (χ2v) is 21.3. The Morgan fingerprint density at radius 3 is 1.35 bits per heavy atom. The number of benzene rings is 2. The standard InChI is InChI=1S/C53H76N4O14/c1-52(2,3)70-50(60)56-38-32-34(62-7)20-22-36(38)46(58)54-26-24-40(44(54)48(56)68-42-18-12-16-30-66-42)64-28-14-10-9-11-15-29-65-41-25-27-55-45(41)49(69-43-19-13-17-31-67-43)57(51(61)71-53(4,5)6)39-33-35(63-8)21-23-37(39)47(55)59/h20-23,32-33,40-45,48-49H,9-19,24-31H2,1-8H3/t40?,41?,42?,43?,44-,45-,48-,49-/m0/s1. The normalized spacial score (nSPS) is 26.8. The van der Waals surface area contributed by atoms with E-state index in [1.165, 1.54) is 9.80 Å². The summed E-state index contributed by atoms with van der Waals surface area (Å²) in [6.07, 6.45) is 5.30. The highest BCUT2D eigenvalue weighted by molar-refractivity contribution is 6.06. The molecule has 4 fully saturated rings. The van der Waals surface area contributed by atoms with Gasteiger partial charge < -0.3 is 57.2 Å². The van der Waals surface area contributed by atoms with Crippen LogP contribution >= 0.6 is 0 Å². The molecule has 2 aromatic rings. The van der Waals surface area contributed by atoms with Crippen molar-refractivity contribution in [3.05, 3.63) is 47.5 Å². The number of rotatable bonds is 16. The predicted molar refractivity (Wildman–Crippen MR) is 262 cm³/mol. The zero-order valence-electron chi connectivity index (χ0n) is 43.0. The lowest BCUT2D eigenvalue weighted by Crippen LogP contribution is -2.58. The summed E-state index contributed by atoms with van der Waals surface area (Å²) in [5.41, 5.74) is -0.229. The summed E-state index contributed by atoms with van der Waals surface area (Å²) in [6, 6.07) is 8.96. The quantitative estimate of drug-likeness (QED) is 0.146. The van der Waals surface area contributed by atoms with E-state index in [0.717, 1.165) is 57.8 Å². The molecule has 8 atom stereocenters. The van der Waals surface area contributed by atoms with Gasteiger partial charge in [0.2, 0.25) is 0 Å². The minimum Gasteiger partial charge on any atom is -0.497 e. The molecule has 4 unspecified atom stereocenters. The highest BCUT2D eigenvalue weighted by atomic mass is 16.7. The molecular weight excluding hydrogens is 917 g/mol. The second-order valence-electron chi connectivity index (χ2n) is 21.3. The highest BCUT2D eigenvalue weighted by Gasteiger charge is 2.54. The monoisotopic (exact) mass is 993 g/mol. The molecule has 392 valence electrons. The summed E-state index contributed by atoms with van der Waals surface area (Å²) < 4.78 is 62.0. The maximum Gasteiger partial charge on any atom is 0.417 e. The number of hydrogen-bond acceptors (Lipinski definition) is 14. The van der Waals surface area contributed by atoms with Crippen molar-refractivity contribution in [2.24, 2.45) is 0 Å². The van der Waals surface area contributed by atoms with Crippen molar-refractivity contribution in [3.63, 3.8) is 0 Å². The number of hydrogen-bond donors (Lipinski definition) is 0. The zero-order valence-corrected chi connectivity index (χ0v) is 43.0. The minimum absolute atomic E-state index is 0.214. The first-order valence-electron chi connectivity index (χ1n) is 25.8. The van der Waals surface area contributed by atoms with Crippen molar-refractivity contribution in [1.82, 2.24) is 9.80 Å². The molecule has 0 bridgehead atoms. The van der Waals surface area contributed by atoms with E-state index < -0.39 is 72.7 Å². The third-order valence-corrected chi connectivity index (χ3v) is 13.8. The van der Waals surface area contributed by atoms with Gasteiger partial charge in [0, 0.05) is 51.6 Å². The first-order chi connectivity index (χ1) is 34.0. The van der Waals surface area contributed by atoms with Crippen molar-refractivity contribution in [2.45, 2.75) is 186 Å². The van der Waals surface area contributed by atoms with Crippen LogP contribution in [-0.4, -0.2) is 148 Å². The van der Waals surface area contributed by atoms with Crippen LogP contribution in [0.1, 0.15) is 146 Å². The van der Waals surface area contributed by atoms with Crippen LogP contribution in [0, 0.1) is 0 Å². The van der Waals surface area contributed by atoms with Gasteiger partial charge in [0.05, 0.1) is 48.9 Å². The smallest absolute Gasteiger partial charge is 0.417 e. The Morgan fingerprint density at radius 1 is 0.577 bits per heavy atom. The van der Waals surface area contributed by atoms with E-state index in [2.05, 4.69) is 0 Å². The number of carbonyl (C=O) groups excluding carboxylic acids is 4. The van der Waals surface area contributed by atoms with E-state index in [9.17, 15) is 19.2 Å². The largest absolute Gasteiger partial charge is 0.497 e. The number of anilines is 2. The van der Waals surface area contributed by atoms with Crippen LogP contribution in [0.2, 0.25) is 0 Å². The Bertz CT molecular complexity index is 2020. The van der Waals surface area contributed by atoms with Gasteiger partial charge in [-0.25, -0.2) is 19.4 Å². The molecule has 0 saturated carbocycles. The number of ether oxygens (including phenoxy) is 10. The molecule has 4 amide bonds. The van der Waals surface area contributed by atoms with Crippen molar-refractivity contribution in [2.75, 3.05) is 63.5 Å². The average Bonchev–Trinajstić information content (AvgIpc) is 3.92. The van der Waals surface area contributed by atoms with Gasteiger partial charge in [-0.2, -0.15) is 0 Å². The van der Waals surface area contributed by atoms with Crippen molar-refractivity contribution >= 4 is 35.4 Å². The topological polar surface area (TPSA) is 174 Å². The van der Waals surface area contributed by atoms with Gasteiger partial charge in [0.15, 0.2) is 25.0 Å². The fraction of sp³-hybridized carbons (Fsp3) is 0.698. The van der Waals surface area contributed by atoms with Crippen LogP contribution in [0.3, 0.4) is 0 Å². The van der Waals surface area contributed by atoms with Gasteiger partial charge in [-0.3, -0.25) is 9.59 Å². The van der Waals surface area contributed by atoms with Gasteiger partial charge in [-0.15, -0.1) is 0 Å². The molecule has 6 aliphatic heterocycles. The molecule has 6 heterocycles. The predicted octanol–water partition coefficient (Wildman–Crippen LogP) is 8.80. The van der Waals surface area contributed by atoms with Crippen LogP contribution in [0.4, 0.5) is 21.0 Å². The first-order valence-corrected chi connectivity index (χ1v) is 25.8. The molecule has 8 rings (SSSR count). The lowest BCUT2D eigenvalue weighted by atomic mass is 10.1. The SMILES string of the molecule is COc1ccc2c(c1)N(C(=O)OC(C)(C)C)[C@@H](OC1CCCCO1)[C@@H]1C(OCCCCCCCOC3CCN4C(=O)c5ccc(OC)cc5N(C(=O)OC(C)(C)C)[C@@H](OC5CCCCO5)[C@H]34)CCN1C2=O. The van der Waals surface area contributed by atoms with Crippen LogP contribution in [0.25, 0.3) is 0 Å². The summed E-state index contributed by atoms with van der Waals surface area (Å²) in [5, 5.41) is 0. The van der Waals surface area contributed by atoms with Gasteiger partial charge in [0.1, 0.15) is 34.8 Å². The Morgan fingerprint density at radius 2 is 0.986 bits per heavy atom. The maximum absolute atomic E-state index is 14.4. The Kier molecular flexibility index (Phi) is 17.0. The molecule has 0 spiro atoms. The second kappa shape index (κ2) is 23.0. The zero-order chi connectivity index (χ0) is 50.5. The number of methoxy groups -OCH3 is 2. The van der Waals surface area contributed by atoms with Gasteiger partial charge in [0.25, 0.3) is 11.8 Å². The van der Waals surface area contributed by atoms with E-state index in [0.29, 0.717) is 99.2 Å². The number of unbranched alkanes of at least 4 members (excludes halogenated alkanes) is 4. The molecule has 6 aliphatic rings. The van der Waals surface area contributed by atoms with E-state index in [-0.39, 0.29) is 11.8 Å². The van der Waals surface area contributed by atoms with Crippen LogP contribution in [0.5, 0.6) is 11.5 Å². The van der Waals surface area contributed by atoms with E-state index in [1.54, 1.807) is 60.4 Å². The molecular formula is C53H76N4O14. The summed E-state index contributed by atoms with van der Waals surface area (Å²) in [5.74, 6) is 0.551. The summed E-state index contributed by atoms with van der Waals surface area (Å²) in [7, 11) is 3.09. The third-order valence-electron chi connectivity index (χ3n) is 13.8. The minimum atomic E-state index is -0.956.